The zero-order valence-corrected chi connectivity index (χ0v) is 12.9. The molecule has 0 rings (SSSR count). The molecule has 0 saturated heterocycles. The van der Waals surface area contributed by atoms with Crippen LogP contribution >= 0.6 is 0 Å². The van der Waals surface area contributed by atoms with Crippen molar-refractivity contribution >= 4 is 32.0 Å². The van der Waals surface area contributed by atoms with Gasteiger partial charge in [-0.2, -0.15) is 8.42 Å². The molecule has 0 aromatic heterocycles. The van der Waals surface area contributed by atoms with E-state index >= 15 is 0 Å². The average Bonchev–Trinajstić information content (AvgIpc) is 2.29. The van der Waals surface area contributed by atoms with E-state index in [-0.39, 0.29) is 36.2 Å². The third kappa shape index (κ3) is 11.2. The van der Waals surface area contributed by atoms with E-state index in [1.165, 1.54) is 12.2 Å². The maximum atomic E-state index is 11.2. The van der Waals surface area contributed by atoms with Crippen LogP contribution in [0.5, 0.6) is 0 Å². The van der Waals surface area contributed by atoms with Crippen LogP contribution in [0.4, 0.5) is 0 Å². The van der Waals surface area contributed by atoms with Gasteiger partial charge in [-0.1, -0.05) is 12.2 Å². The Morgan fingerprint density at radius 3 is 1.58 bits per heavy atom. The Morgan fingerprint density at radius 1 is 0.895 bits per heavy atom. The van der Waals surface area contributed by atoms with Crippen molar-refractivity contribution in [2.45, 2.75) is 0 Å². The van der Waals surface area contributed by atoms with Crippen molar-refractivity contribution < 1.29 is 25.2 Å². The van der Waals surface area contributed by atoms with Crippen LogP contribution in [-0.4, -0.2) is 53.1 Å². The van der Waals surface area contributed by atoms with Crippen LogP contribution < -0.4 is 0 Å². The van der Waals surface area contributed by atoms with Crippen LogP contribution in [-0.2, 0) is 40.4 Å². The molecule has 0 aliphatic rings. The molecule has 9 heteroatoms. The third-order valence-corrected chi connectivity index (χ3v) is 5.05. The van der Waals surface area contributed by atoms with Gasteiger partial charge >= 0.3 is 10.4 Å². The summed E-state index contributed by atoms with van der Waals surface area (Å²) < 4.78 is 53.8. The second-order valence-electron chi connectivity index (χ2n) is 3.25. The lowest BCUT2D eigenvalue weighted by atomic mass is 10.8. The van der Waals surface area contributed by atoms with E-state index in [9.17, 15) is 16.8 Å². The monoisotopic (exact) mass is 330 g/mol. The molecule has 0 spiro atoms. The highest BCUT2D eigenvalue weighted by Gasteiger charge is 2.13. The van der Waals surface area contributed by atoms with Gasteiger partial charge in [0.25, 0.3) is 0 Å². The molecule has 0 heterocycles. The quantitative estimate of drug-likeness (QED) is 0.473. The van der Waals surface area contributed by atoms with Crippen molar-refractivity contribution in [3.05, 3.63) is 25.3 Å². The van der Waals surface area contributed by atoms with Gasteiger partial charge in [-0.15, -0.1) is 13.2 Å². The summed E-state index contributed by atoms with van der Waals surface area (Å²) in [5, 5.41) is 0. The Bertz CT molecular complexity index is 395. The third-order valence-electron chi connectivity index (χ3n) is 1.68. The lowest BCUT2D eigenvalue weighted by Crippen LogP contribution is -2.18. The molecule has 0 amide bonds. The molecule has 2 unspecified atom stereocenters. The SMILES string of the molecule is C=CCS(=O)CCOS(=O)(=O)OCCS(=O)CC=C. The van der Waals surface area contributed by atoms with Gasteiger partial charge in [-0.25, -0.2) is 8.37 Å². The largest absolute Gasteiger partial charge is 0.399 e. The van der Waals surface area contributed by atoms with Crippen LogP contribution in [0.1, 0.15) is 0 Å². The smallest absolute Gasteiger partial charge is 0.259 e. The van der Waals surface area contributed by atoms with E-state index < -0.39 is 32.0 Å². The highest BCUT2D eigenvalue weighted by Crippen LogP contribution is 1.98. The Hall–Kier alpha value is -0.350. The van der Waals surface area contributed by atoms with E-state index in [0.29, 0.717) is 0 Å². The van der Waals surface area contributed by atoms with Crippen molar-refractivity contribution in [3.8, 4) is 0 Å². The first-order chi connectivity index (χ1) is 8.91. The predicted molar refractivity (Wildman–Crippen MR) is 77.0 cm³/mol. The molecular weight excluding hydrogens is 312 g/mol. The molecule has 2 atom stereocenters. The first-order valence-electron chi connectivity index (χ1n) is 5.37. The van der Waals surface area contributed by atoms with Crippen molar-refractivity contribution in [2.24, 2.45) is 0 Å². The maximum absolute atomic E-state index is 11.2. The molecule has 0 aliphatic heterocycles. The van der Waals surface area contributed by atoms with Crippen molar-refractivity contribution in [1.82, 2.24) is 0 Å². The van der Waals surface area contributed by atoms with E-state index in [2.05, 4.69) is 21.5 Å². The molecule has 0 aromatic rings. The first kappa shape index (κ1) is 18.7. The van der Waals surface area contributed by atoms with E-state index in [1.54, 1.807) is 0 Å². The molecule has 0 aliphatic carbocycles. The van der Waals surface area contributed by atoms with Crippen molar-refractivity contribution in [3.63, 3.8) is 0 Å². The maximum Gasteiger partial charge on any atom is 0.399 e. The lowest BCUT2D eigenvalue weighted by Gasteiger charge is -2.05. The number of hydrogen-bond donors (Lipinski definition) is 0. The van der Waals surface area contributed by atoms with E-state index in [0.717, 1.165) is 0 Å². The first-order valence-corrected chi connectivity index (χ1v) is 9.67. The van der Waals surface area contributed by atoms with E-state index in [4.69, 9.17) is 0 Å². The van der Waals surface area contributed by atoms with Crippen LogP contribution in [0, 0.1) is 0 Å². The molecule has 0 aromatic carbocycles. The fourth-order valence-corrected chi connectivity index (χ4v) is 3.17. The fraction of sp³-hybridized carbons (Fsp3) is 0.600. The Kier molecular flexibility index (Phi) is 10.2. The topological polar surface area (TPSA) is 86.7 Å². The van der Waals surface area contributed by atoms with Crippen molar-refractivity contribution in [1.29, 1.82) is 0 Å². The molecule has 112 valence electrons. The van der Waals surface area contributed by atoms with Crippen LogP contribution in [0.25, 0.3) is 0 Å². The minimum Gasteiger partial charge on any atom is -0.259 e. The molecular formula is C10H18O6S3. The summed E-state index contributed by atoms with van der Waals surface area (Å²) in [5.74, 6) is 0.726. The summed E-state index contributed by atoms with van der Waals surface area (Å²) in [7, 11) is -6.51. The average molecular weight is 330 g/mol. The molecule has 0 bridgehead atoms. The van der Waals surface area contributed by atoms with Gasteiger partial charge in [0.1, 0.15) is 0 Å². The van der Waals surface area contributed by atoms with Gasteiger partial charge < -0.3 is 0 Å². The summed E-state index contributed by atoms with van der Waals surface area (Å²) in [6.45, 7) is 6.39. The standard InChI is InChI=1S/C10H18O6S3/c1-3-7-17(11)9-5-15-19(13,14)16-6-10-18(12)8-4-2/h3-4H,1-2,5-10H2. The molecule has 6 nitrogen and oxygen atoms in total. The van der Waals surface area contributed by atoms with Crippen LogP contribution in [0.3, 0.4) is 0 Å². The number of hydrogen-bond acceptors (Lipinski definition) is 6. The molecule has 0 radical (unpaired) electrons. The van der Waals surface area contributed by atoms with Gasteiger partial charge in [-0.05, 0) is 0 Å². The fourth-order valence-electron chi connectivity index (χ4n) is 0.922. The lowest BCUT2D eigenvalue weighted by molar-refractivity contribution is 0.233. The highest BCUT2D eigenvalue weighted by molar-refractivity contribution is 7.85. The molecule has 0 saturated carbocycles. The Balaban J connectivity index is 3.86. The molecule has 0 N–H and O–H groups in total. The molecule has 0 fully saturated rings. The highest BCUT2D eigenvalue weighted by atomic mass is 32.3. The summed E-state index contributed by atoms with van der Waals surface area (Å²) in [4.78, 5) is 0. The van der Waals surface area contributed by atoms with Gasteiger partial charge in [0.15, 0.2) is 0 Å². The van der Waals surface area contributed by atoms with Crippen molar-refractivity contribution in [2.75, 3.05) is 36.2 Å². The Morgan fingerprint density at radius 2 is 1.26 bits per heavy atom. The van der Waals surface area contributed by atoms with Crippen LogP contribution in [0.2, 0.25) is 0 Å². The summed E-state index contributed by atoms with van der Waals surface area (Å²) in [6, 6.07) is 0. The van der Waals surface area contributed by atoms with Gasteiger partial charge in [0, 0.05) is 44.6 Å². The Labute approximate surface area is 119 Å². The summed E-state index contributed by atoms with van der Waals surface area (Å²) >= 11 is 0. The van der Waals surface area contributed by atoms with Gasteiger partial charge in [0.2, 0.25) is 0 Å². The zero-order chi connectivity index (χ0) is 14.7. The van der Waals surface area contributed by atoms with Crippen LogP contribution in [0.15, 0.2) is 25.3 Å². The van der Waals surface area contributed by atoms with Gasteiger partial charge in [0.05, 0.1) is 13.2 Å². The second kappa shape index (κ2) is 10.4. The zero-order valence-electron chi connectivity index (χ0n) is 10.5. The number of rotatable bonds is 12. The normalized spacial score (nSPS) is 14.7. The molecule has 19 heavy (non-hydrogen) atoms. The van der Waals surface area contributed by atoms with E-state index in [1.807, 2.05) is 0 Å². The van der Waals surface area contributed by atoms with Gasteiger partial charge in [-0.3, -0.25) is 8.42 Å². The summed E-state index contributed by atoms with van der Waals surface area (Å²) in [5.41, 5.74) is 0. The minimum absolute atomic E-state index is 0.0804. The second-order valence-corrected chi connectivity index (χ2v) is 7.78. The minimum atomic E-state index is -4.12. The summed E-state index contributed by atoms with van der Waals surface area (Å²) in [6.07, 6.45) is 2.96. The predicted octanol–water partition coefficient (Wildman–Crippen LogP) is 0.134.